The lowest BCUT2D eigenvalue weighted by molar-refractivity contribution is 0.313. The van der Waals surface area contributed by atoms with Crippen molar-refractivity contribution in [2.45, 2.75) is 0 Å². The normalized spacial score (nSPS) is 14.9. The Kier molecular flexibility index (Phi) is 6.41. The number of benzene rings is 2. The lowest BCUT2D eigenvalue weighted by Crippen LogP contribution is -2.44. The molecule has 0 bridgehead atoms. The van der Waals surface area contributed by atoms with Crippen molar-refractivity contribution in [1.29, 1.82) is 0 Å². The van der Waals surface area contributed by atoms with Crippen LogP contribution < -0.4 is 10.5 Å². The highest BCUT2D eigenvalue weighted by molar-refractivity contribution is 6.02. The van der Waals surface area contributed by atoms with Gasteiger partial charge in [0.25, 0.3) is 5.56 Å². The van der Waals surface area contributed by atoms with Gasteiger partial charge in [0.15, 0.2) is 0 Å². The number of likely N-dealkylation sites (N-methyl/N-ethyl adjacent to an activating group) is 1. The van der Waals surface area contributed by atoms with Crippen molar-refractivity contribution in [3.05, 3.63) is 94.0 Å². The fourth-order valence-electron chi connectivity index (χ4n) is 4.20. The molecule has 2 N–H and O–H groups in total. The van der Waals surface area contributed by atoms with E-state index in [0.717, 1.165) is 43.1 Å². The molecule has 5 rings (SSSR count). The predicted octanol–water partition coefficient (Wildman–Crippen LogP) is 4.30. The molecule has 1 aliphatic rings. The number of rotatable bonds is 5. The monoisotopic (exact) mass is 465 g/mol. The van der Waals surface area contributed by atoms with Crippen LogP contribution in [0.2, 0.25) is 0 Å². The first kappa shape index (κ1) is 22.6. The van der Waals surface area contributed by atoms with Crippen molar-refractivity contribution in [3.63, 3.8) is 0 Å². The zero-order valence-electron chi connectivity index (χ0n) is 19.6. The zero-order chi connectivity index (χ0) is 24.2. The molecule has 0 aliphatic carbocycles. The first-order valence-electron chi connectivity index (χ1n) is 11.6. The van der Waals surface area contributed by atoms with Crippen LogP contribution in [0.4, 0.5) is 11.4 Å². The molecule has 0 spiro atoms. The molecule has 0 unspecified atom stereocenters. The van der Waals surface area contributed by atoms with Gasteiger partial charge in [0, 0.05) is 55.1 Å². The van der Waals surface area contributed by atoms with E-state index in [-0.39, 0.29) is 11.4 Å². The van der Waals surface area contributed by atoms with Gasteiger partial charge < -0.3 is 14.9 Å². The number of aliphatic imine (C=N–C) groups is 1. The van der Waals surface area contributed by atoms with Gasteiger partial charge >= 0.3 is 0 Å². The van der Waals surface area contributed by atoms with Crippen LogP contribution in [0.15, 0.2) is 76.6 Å². The molecule has 2 aromatic heterocycles. The highest BCUT2D eigenvalue weighted by Gasteiger charge is 2.14. The summed E-state index contributed by atoms with van der Waals surface area (Å²) >= 11 is 0. The first-order chi connectivity index (χ1) is 17.1. The van der Waals surface area contributed by atoms with E-state index in [0.29, 0.717) is 16.3 Å². The quantitative estimate of drug-likeness (QED) is 0.429. The Morgan fingerprint density at radius 2 is 1.77 bits per heavy atom. The van der Waals surface area contributed by atoms with Crippen LogP contribution in [0.3, 0.4) is 0 Å². The van der Waals surface area contributed by atoms with Crippen molar-refractivity contribution in [3.8, 4) is 5.88 Å². The Bertz CT molecular complexity index is 1430. The summed E-state index contributed by atoms with van der Waals surface area (Å²) < 4.78 is 0. The maximum atomic E-state index is 12.4. The maximum absolute atomic E-state index is 12.4. The number of hydrogen-bond acceptors (Lipinski definition) is 6. The van der Waals surface area contributed by atoms with E-state index in [9.17, 15) is 9.90 Å². The largest absolute Gasteiger partial charge is 0.494 e. The van der Waals surface area contributed by atoms with Crippen LogP contribution in [-0.4, -0.2) is 59.4 Å². The average Bonchev–Trinajstić information content (AvgIpc) is 2.89. The van der Waals surface area contributed by atoms with Crippen molar-refractivity contribution in [2.24, 2.45) is 4.99 Å². The second-order valence-electron chi connectivity index (χ2n) is 8.67. The van der Waals surface area contributed by atoms with Crippen LogP contribution in [0.25, 0.3) is 22.9 Å². The molecule has 1 saturated heterocycles. The van der Waals surface area contributed by atoms with E-state index in [1.54, 1.807) is 18.5 Å². The maximum Gasteiger partial charge on any atom is 0.258 e. The summed E-state index contributed by atoms with van der Waals surface area (Å²) in [4.78, 5) is 28.5. The van der Waals surface area contributed by atoms with E-state index < -0.39 is 0 Å². The van der Waals surface area contributed by atoms with Gasteiger partial charge in [0.2, 0.25) is 5.88 Å². The lowest BCUT2D eigenvalue weighted by Gasteiger charge is -2.34. The minimum atomic E-state index is -0.341. The van der Waals surface area contributed by atoms with Crippen molar-refractivity contribution in [1.82, 2.24) is 14.9 Å². The average molecular weight is 466 g/mol. The first-order valence-corrected chi connectivity index (χ1v) is 11.6. The Morgan fingerprint density at radius 1 is 0.971 bits per heavy atom. The molecule has 176 valence electrons. The van der Waals surface area contributed by atoms with Gasteiger partial charge in [-0.15, -0.1) is 0 Å². The predicted molar refractivity (Wildman–Crippen MR) is 143 cm³/mol. The molecule has 7 heteroatoms. The summed E-state index contributed by atoms with van der Waals surface area (Å²) in [7, 11) is 2.14. The summed E-state index contributed by atoms with van der Waals surface area (Å²) in [6.45, 7) is 4.12. The Labute approximate surface area is 203 Å². The molecule has 0 amide bonds. The fraction of sp³-hybridized carbons (Fsp3) is 0.179. The van der Waals surface area contributed by atoms with Crippen molar-refractivity contribution >= 4 is 40.5 Å². The topological polar surface area (TPSA) is 84.8 Å². The van der Waals surface area contributed by atoms with Gasteiger partial charge in [0.1, 0.15) is 0 Å². The van der Waals surface area contributed by atoms with E-state index in [1.807, 2.05) is 54.6 Å². The Morgan fingerprint density at radius 3 is 2.51 bits per heavy atom. The van der Waals surface area contributed by atoms with Crippen molar-refractivity contribution in [2.75, 3.05) is 38.1 Å². The molecule has 1 fully saturated rings. The molecule has 0 saturated carbocycles. The fourth-order valence-corrected chi connectivity index (χ4v) is 4.20. The number of aromatic hydroxyl groups is 1. The third-order valence-corrected chi connectivity index (χ3v) is 6.26. The third kappa shape index (κ3) is 5.15. The van der Waals surface area contributed by atoms with Crippen LogP contribution in [-0.2, 0) is 0 Å². The van der Waals surface area contributed by atoms with E-state index in [2.05, 4.69) is 43.9 Å². The van der Waals surface area contributed by atoms with Gasteiger partial charge in [-0.3, -0.25) is 19.8 Å². The smallest absolute Gasteiger partial charge is 0.258 e. The van der Waals surface area contributed by atoms with E-state index in [4.69, 9.17) is 0 Å². The summed E-state index contributed by atoms with van der Waals surface area (Å²) in [5, 5.41) is 11.6. The van der Waals surface area contributed by atoms with Crippen LogP contribution >= 0.6 is 0 Å². The number of pyridine rings is 2. The molecule has 7 nitrogen and oxygen atoms in total. The summed E-state index contributed by atoms with van der Waals surface area (Å²) in [5.41, 5.74) is 3.80. The molecule has 1 aliphatic heterocycles. The number of nitrogens with zero attached hydrogens (tertiary/aromatic N) is 4. The second-order valence-corrected chi connectivity index (χ2v) is 8.67. The van der Waals surface area contributed by atoms with Gasteiger partial charge in [-0.2, -0.15) is 0 Å². The van der Waals surface area contributed by atoms with Gasteiger partial charge in [-0.1, -0.05) is 18.2 Å². The number of fused-ring (bicyclic) bond motifs is 1. The van der Waals surface area contributed by atoms with Crippen molar-refractivity contribution < 1.29 is 5.11 Å². The van der Waals surface area contributed by atoms with Gasteiger partial charge in [-0.25, -0.2) is 0 Å². The minimum absolute atomic E-state index is 0.203. The Balaban J connectivity index is 1.43. The summed E-state index contributed by atoms with van der Waals surface area (Å²) in [6, 6.07) is 19.3. The molecule has 4 aromatic rings. The molecular weight excluding hydrogens is 438 g/mol. The molecule has 0 atom stereocenters. The highest BCUT2D eigenvalue weighted by atomic mass is 16.3. The number of aromatic amines is 1. The second kappa shape index (κ2) is 9.95. The lowest BCUT2D eigenvalue weighted by atomic mass is 10.0. The van der Waals surface area contributed by atoms with Crippen LogP contribution in [0, 0.1) is 0 Å². The number of piperazine rings is 1. The minimum Gasteiger partial charge on any atom is -0.494 e. The van der Waals surface area contributed by atoms with Crippen LogP contribution in [0.5, 0.6) is 5.88 Å². The van der Waals surface area contributed by atoms with Gasteiger partial charge in [-0.05, 0) is 67.2 Å². The third-order valence-electron chi connectivity index (χ3n) is 6.26. The standard InChI is InChI=1S/C28H27N5O2/c1-32-14-16-33(17-15-32)23-10-8-22(9-11-23)30-19-26-25-18-20(5-7-21-4-2-3-13-29-21)6-12-24(25)27(34)31-28(26)35/h2-13,18-19H,14-17H2,1H3,(H2,31,34,35)/b7-5+,30-19?. The summed E-state index contributed by atoms with van der Waals surface area (Å²) in [5.74, 6) is -0.203. The number of hydrogen-bond donors (Lipinski definition) is 2. The Hall–Kier alpha value is -4.23. The number of anilines is 1. The summed E-state index contributed by atoms with van der Waals surface area (Å²) in [6.07, 6.45) is 7.18. The molecule has 2 aromatic carbocycles. The van der Waals surface area contributed by atoms with E-state index in [1.165, 1.54) is 5.69 Å². The number of aromatic nitrogens is 2. The molecule has 35 heavy (non-hydrogen) atoms. The van der Waals surface area contributed by atoms with Gasteiger partial charge in [0.05, 0.1) is 16.9 Å². The molecule has 0 radical (unpaired) electrons. The van der Waals surface area contributed by atoms with Crippen LogP contribution in [0.1, 0.15) is 16.8 Å². The highest BCUT2D eigenvalue weighted by Crippen LogP contribution is 2.25. The number of H-pyrrole nitrogens is 1. The van der Waals surface area contributed by atoms with E-state index >= 15 is 0 Å². The number of nitrogens with one attached hydrogen (secondary N) is 1. The zero-order valence-corrected chi connectivity index (χ0v) is 19.6. The molecule has 3 heterocycles. The SMILES string of the molecule is CN1CCN(c2ccc(N=Cc3c(O)[nH]c(=O)c4ccc(/C=C/c5ccccn5)cc34)cc2)CC1. The molecular formula is C28H27N5O2.